The number of nitrogens with zero attached hydrogens (tertiary/aromatic N) is 2. The predicted molar refractivity (Wildman–Crippen MR) is 161 cm³/mol. The number of urea groups is 1. The van der Waals surface area contributed by atoms with Gasteiger partial charge in [0.05, 0.1) is 29.3 Å². The van der Waals surface area contributed by atoms with Crippen molar-refractivity contribution in [3.8, 4) is 0 Å². The Labute approximate surface area is 253 Å². The first-order valence-electron chi connectivity index (χ1n) is 13.7. The zero-order valence-electron chi connectivity index (χ0n) is 23.6. The summed E-state index contributed by atoms with van der Waals surface area (Å²) in [7, 11) is -2.48. The Bertz CT molecular complexity index is 1690. The third kappa shape index (κ3) is 6.06. The molecule has 43 heavy (non-hydrogen) atoms. The van der Waals surface area contributed by atoms with E-state index in [0.717, 1.165) is 23.3 Å². The molecule has 0 saturated carbocycles. The fourth-order valence-corrected chi connectivity index (χ4v) is 7.96. The molecule has 0 atom stereocenters. The van der Waals surface area contributed by atoms with Crippen LogP contribution in [0.15, 0.2) is 53.4 Å². The summed E-state index contributed by atoms with van der Waals surface area (Å²) < 4.78 is 33.5. The molecule has 5 amide bonds. The van der Waals surface area contributed by atoms with Crippen LogP contribution in [0.1, 0.15) is 50.1 Å². The topological polar surface area (TPSA) is 154 Å². The lowest BCUT2D eigenvalue weighted by Gasteiger charge is -2.30. The number of carbonyl (C=O) groups excluding carboxylic acids is 4. The Morgan fingerprint density at radius 1 is 0.977 bits per heavy atom. The second-order valence-electron chi connectivity index (χ2n) is 9.90. The highest BCUT2D eigenvalue weighted by Gasteiger charge is 2.32. The SMILES string of the molecule is CCOC(=O)N1CCc2c(sc(NC(=O)c3ccc(S(=O)(=O)N4CCCc5ccccc54)cc3)c2C(=O)NC(=O)NC)C1. The van der Waals surface area contributed by atoms with E-state index in [1.807, 2.05) is 12.1 Å². The number of sulfonamides is 1. The van der Waals surface area contributed by atoms with Crippen molar-refractivity contribution in [1.29, 1.82) is 0 Å². The van der Waals surface area contributed by atoms with E-state index in [0.29, 0.717) is 42.1 Å². The van der Waals surface area contributed by atoms with Gasteiger partial charge < -0.3 is 20.3 Å². The minimum atomic E-state index is -3.86. The van der Waals surface area contributed by atoms with Crippen LogP contribution in [-0.4, -0.2) is 64.0 Å². The first kappa shape index (κ1) is 30.0. The third-order valence-electron chi connectivity index (χ3n) is 7.26. The van der Waals surface area contributed by atoms with Gasteiger partial charge in [-0.05, 0) is 67.6 Å². The van der Waals surface area contributed by atoms with Gasteiger partial charge in [0.1, 0.15) is 5.00 Å². The number of rotatable bonds is 6. The molecule has 5 rings (SSSR count). The van der Waals surface area contributed by atoms with E-state index in [1.165, 1.54) is 40.5 Å². The molecule has 0 fully saturated rings. The molecule has 12 nitrogen and oxygen atoms in total. The van der Waals surface area contributed by atoms with Gasteiger partial charge in [-0.3, -0.25) is 19.2 Å². The molecule has 0 bridgehead atoms. The Morgan fingerprint density at radius 2 is 1.72 bits per heavy atom. The van der Waals surface area contributed by atoms with Gasteiger partial charge in [0.2, 0.25) is 0 Å². The normalized spacial score (nSPS) is 14.3. The number of imide groups is 1. The average Bonchev–Trinajstić information content (AvgIpc) is 3.37. The van der Waals surface area contributed by atoms with Crippen molar-refractivity contribution in [3.63, 3.8) is 0 Å². The summed E-state index contributed by atoms with van der Waals surface area (Å²) in [6, 6.07) is 12.3. The first-order valence-corrected chi connectivity index (χ1v) is 16.0. The molecule has 2 aliphatic heterocycles. The van der Waals surface area contributed by atoms with Crippen molar-refractivity contribution in [3.05, 3.63) is 75.7 Å². The van der Waals surface area contributed by atoms with E-state index in [2.05, 4.69) is 16.0 Å². The van der Waals surface area contributed by atoms with Crippen molar-refractivity contribution < 1.29 is 32.3 Å². The number of anilines is 2. The number of carbonyl (C=O) groups is 4. The summed E-state index contributed by atoms with van der Waals surface area (Å²) in [6.45, 7) is 2.77. The molecular weight excluding hydrogens is 594 g/mol. The molecule has 3 N–H and O–H groups in total. The van der Waals surface area contributed by atoms with Gasteiger partial charge in [0, 0.05) is 30.6 Å². The molecule has 226 valence electrons. The summed E-state index contributed by atoms with van der Waals surface area (Å²) in [4.78, 5) is 52.9. The number of nitrogens with one attached hydrogen (secondary N) is 3. The largest absolute Gasteiger partial charge is 0.450 e. The van der Waals surface area contributed by atoms with Gasteiger partial charge in [0.25, 0.3) is 21.8 Å². The Morgan fingerprint density at radius 3 is 2.44 bits per heavy atom. The standard InChI is InChI=1S/C29H31N5O7S2/c1-3-41-29(38)33-16-14-21-23(17-33)42-27(24(21)26(36)32-28(37)30-2)31-25(35)19-10-12-20(13-11-19)43(39,40)34-15-6-8-18-7-4-5-9-22(18)34/h4-5,7,9-13H,3,6,8,14-17H2,1-2H3,(H,31,35)(H2,30,32,36,37). The molecule has 3 aromatic rings. The molecule has 3 heterocycles. The van der Waals surface area contributed by atoms with Crippen LogP contribution < -0.4 is 20.3 Å². The summed E-state index contributed by atoms with van der Waals surface area (Å²) in [5.41, 5.74) is 2.57. The maximum absolute atomic E-state index is 13.5. The van der Waals surface area contributed by atoms with Crippen LogP contribution in [0.2, 0.25) is 0 Å². The highest BCUT2D eigenvalue weighted by atomic mass is 32.2. The third-order valence-corrected chi connectivity index (χ3v) is 10.2. The lowest BCUT2D eigenvalue weighted by Crippen LogP contribution is -2.39. The fraction of sp³-hybridized carbons (Fsp3) is 0.310. The first-order chi connectivity index (χ1) is 20.6. The number of ether oxygens (including phenoxy) is 1. The number of hydrogen-bond donors (Lipinski definition) is 3. The van der Waals surface area contributed by atoms with Crippen molar-refractivity contribution in [2.45, 2.75) is 37.6 Å². The molecular formula is C29H31N5O7S2. The van der Waals surface area contributed by atoms with Crippen LogP contribution in [-0.2, 0) is 34.1 Å². The van der Waals surface area contributed by atoms with Gasteiger partial charge in [-0.1, -0.05) is 18.2 Å². The fourth-order valence-electron chi connectivity index (χ4n) is 5.16. The van der Waals surface area contributed by atoms with E-state index >= 15 is 0 Å². The molecule has 0 radical (unpaired) electrons. The number of para-hydroxylation sites is 1. The average molecular weight is 626 g/mol. The molecule has 0 unspecified atom stereocenters. The van der Waals surface area contributed by atoms with Crippen LogP contribution in [0.5, 0.6) is 0 Å². The number of fused-ring (bicyclic) bond motifs is 2. The minimum absolute atomic E-state index is 0.0528. The lowest BCUT2D eigenvalue weighted by molar-refractivity contribution is 0.0963. The second-order valence-corrected chi connectivity index (χ2v) is 12.9. The molecule has 0 spiro atoms. The second kappa shape index (κ2) is 12.4. The number of aryl methyl sites for hydroxylation is 1. The highest BCUT2D eigenvalue weighted by Crippen LogP contribution is 2.38. The van der Waals surface area contributed by atoms with Crippen LogP contribution in [0.4, 0.5) is 20.3 Å². The minimum Gasteiger partial charge on any atom is -0.450 e. The van der Waals surface area contributed by atoms with E-state index in [-0.39, 0.29) is 34.2 Å². The Kier molecular flexibility index (Phi) is 8.69. The van der Waals surface area contributed by atoms with Gasteiger partial charge in [-0.2, -0.15) is 0 Å². The number of hydrogen-bond acceptors (Lipinski definition) is 8. The number of amides is 5. The monoisotopic (exact) mass is 625 g/mol. The van der Waals surface area contributed by atoms with Crippen molar-refractivity contribution in [2.24, 2.45) is 0 Å². The van der Waals surface area contributed by atoms with E-state index in [9.17, 15) is 27.6 Å². The van der Waals surface area contributed by atoms with Crippen molar-refractivity contribution in [2.75, 3.05) is 36.4 Å². The molecule has 0 saturated heterocycles. The zero-order chi connectivity index (χ0) is 30.7. The molecule has 2 aliphatic rings. The van der Waals surface area contributed by atoms with Crippen molar-refractivity contribution in [1.82, 2.24) is 15.5 Å². The highest BCUT2D eigenvalue weighted by molar-refractivity contribution is 7.92. The summed E-state index contributed by atoms with van der Waals surface area (Å²) >= 11 is 1.13. The van der Waals surface area contributed by atoms with Crippen LogP contribution in [0, 0.1) is 0 Å². The summed E-state index contributed by atoms with van der Waals surface area (Å²) in [6.07, 6.45) is 1.35. The quantitative estimate of drug-likeness (QED) is 0.377. The lowest BCUT2D eigenvalue weighted by atomic mass is 10.0. The van der Waals surface area contributed by atoms with E-state index in [4.69, 9.17) is 4.74 Å². The summed E-state index contributed by atoms with van der Waals surface area (Å²) in [5, 5.41) is 7.54. The van der Waals surface area contributed by atoms with Crippen LogP contribution in [0.3, 0.4) is 0 Å². The Hall–Kier alpha value is -4.43. The van der Waals surface area contributed by atoms with Crippen LogP contribution >= 0.6 is 11.3 Å². The molecule has 2 aromatic carbocycles. The number of benzene rings is 2. The smallest absolute Gasteiger partial charge is 0.410 e. The maximum atomic E-state index is 13.5. The Balaban J connectivity index is 1.39. The molecule has 1 aromatic heterocycles. The maximum Gasteiger partial charge on any atom is 0.410 e. The molecule has 14 heteroatoms. The van der Waals surface area contributed by atoms with Gasteiger partial charge >= 0.3 is 12.1 Å². The van der Waals surface area contributed by atoms with E-state index in [1.54, 1.807) is 19.1 Å². The predicted octanol–water partition coefficient (Wildman–Crippen LogP) is 3.73. The van der Waals surface area contributed by atoms with E-state index < -0.39 is 34.0 Å². The van der Waals surface area contributed by atoms with Gasteiger partial charge in [0.15, 0.2) is 0 Å². The summed E-state index contributed by atoms with van der Waals surface area (Å²) in [5.74, 6) is -1.26. The number of thiophene rings is 1. The van der Waals surface area contributed by atoms with Gasteiger partial charge in [-0.15, -0.1) is 11.3 Å². The molecule has 0 aliphatic carbocycles. The van der Waals surface area contributed by atoms with Crippen molar-refractivity contribution >= 4 is 56.0 Å². The van der Waals surface area contributed by atoms with Gasteiger partial charge in [-0.25, -0.2) is 18.0 Å². The zero-order valence-corrected chi connectivity index (χ0v) is 25.3. The van der Waals surface area contributed by atoms with Crippen LogP contribution in [0.25, 0.3) is 0 Å².